The first-order valence-electron chi connectivity index (χ1n) is 9.63. The summed E-state index contributed by atoms with van der Waals surface area (Å²) in [5, 5.41) is 3.01. The minimum atomic E-state index is -0.0671. The number of aromatic nitrogens is 2. The summed E-state index contributed by atoms with van der Waals surface area (Å²) in [5.74, 6) is 1.57. The summed E-state index contributed by atoms with van der Waals surface area (Å²) in [7, 11) is 3.30. The Hall–Kier alpha value is -3.32. The smallest absolute Gasteiger partial charge is 0.263 e. The van der Waals surface area contributed by atoms with Crippen LogP contribution in [0.1, 0.15) is 20.9 Å². The zero-order chi connectivity index (χ0) is 21.1. The van der Waals surface area contributed by atoms with Crippen molar-refractivity contribution in [1.82, 2.24) is 14.7 Å². The van der Waals surface area contributed by atoms with Gasteiger partial charge in [-0.15, -0.1) is 0 Å². The fourth-order valence-corrected chi connectivity index (χ4v) is 4.28. The third-order valence-corrected chi connectivity index (χ3v) is 6.16. The zero-order valence-electron chi connectivity index (χ0n) is 17.1. The third-order valence-electron chi connectivity index (χ3n) is 5.01. The SMILES string of the molecule is COc1ccc(CCNC(=O)c2sc3nc(-c4ccc(OC)cc4)cn3c2C)cc1. The van der Waals surface area contributed by atoms with Crippen molar-refractivity contribution >= 4 is 22.2 Å². The summed E-state index contributed by atoms with van der Waals surface area (Å²) in [6.07, 6.45) is 2.73. The highest BCUT2D eigenvalue weighted by Gasteiger charge is 2.18. The van der Waals surface area contributed by atoms with Crippen LogP contribution in [0.4, 0.5) is 0 Å². The molecule has 0 saturated carbocycles. The predicted octanol–water partition coefficient (Wildman–Crippen LogP) is 4.36. The topological polar surface area (TPSA) is 64.9 Å². The highest BCUT2D eigenvalue weighted by molar-refractivity contribution is 7.19. The van der Waals surface area contributed by atoms with Crippen molar-refractivity contribution in [3.05, 3.63) is 70.9 Å². The molecule has 0 unspecified atom stereocenters. The second-order valence-electron chi connectivity index (χ2n) is 6.88. The van der Waals surface area contributed by atoms with Crippen LogP contribution in [0, 0.1) is 6.92 Å². The Labute approximate surface area is 179 Å². The van der Waals surface area contributed by atoms with E-state index in [0.29, 0.717) is 11.4 Å². The van der Waals surface area contributed by atoms with E-state index < -0.39 is 0 Å². The Balaban J connectivity index is 1.43. The Morgan fingerprint density at radius 1 is 1.03 bits per heavy atom. The van der Waals surface area contributed by atoms with Gasteiger partial charge in [-0.2, -0.15) is 0 Å². The van der Waals surface area contributed by atoms with Crippen molar-refractivity contribution in [2.45, 2.75) is 13.3 Å². The first-order chi connectivity index (χ1) is 14.6. The Kier molecular flexibility index (Phi) is 5.72. The van der Waals surface area contributed by atoms with E-state index in [1.165, 1.54) is 11.3 Å². The monoisotopic (exact) mass is 421 g/mol. The molecule has 1 amide bonds. The summed E-state index contributed by atoms with van der Waals surface area (Å²) in [6, 6.07) is 15.7. The Morgan fingerprint density at radius 2 is 1.67 bits per heavy atom. The van der Waals surface area contributed by atoms with Gasteiger partial charge in [0.05, 0.1) is 19.9 Å². The van der Waals surface area contributed by atoms with Crippen molar-refractivity contribution in [3.8, 4) is 22.8 Å². The van der Waals surface area contributed by atoms with Crippen LogP contribution in [0.2, 0.25) is 0 Å². The third kappa shape index (κ3) is 4.02. The lowest BCUT2D eigenvalue weighted by molar-refractivity contribution is 0.0957. The average Bonchev–Trinajstić information content (AvgIpc) is 3.33. The van der Waals surface area contributed by atoms with Crippen molar-refractivity contribution in [3.63, 3.8) is 0 Å². The summed E-state index contributed by atoms with van der Waals surface area (Å²) in [6.45, 7) is 2.52. The first-order valence-corrected chi connectivity index (χ1v) is 10.4. The molecule has 154 valence electrons. The number of nitrogens with zero attached hydrogens (tertiary/aromatic N) is 2. The van der Waals surface area contributed by atoms with E-state index in [-0.39, 0.29) is 5.91 Å². The van der Waals surface area contributed by atoms with Gasteiger partial charge in [0.2, 0.25) is 0 Å². The molecule has 0 spiro atoms. The molecule has 2 aromatic carbocycles. The van der Waals surface area contributed by atoms with Gasteiger partial charge in [-0.3, -0.25) is 9.20 Å². The van der Waals surface area contributed by atoms with Crippen LogP contribution in [0.5, 0.6) is 11.5 Å². The molecule has 0 aliphatic rings. The molecule has 7 heteroatoms. The highest BCUT2D eigenvalue weighted by Crippen LogP contribution is 2.28. The van der Waals surface area contributed by atoms with Crippen LogP contribution >= 0.6 is 11.3 Å². The predicted molar refractivity (Wildman–Crippen MR) is 119 cm³/mol. The maximum atomic E-state index is 12.7. The van der Waals surface area contributed by atoms with E-state index >= 15 is 0 Å². The number of imidazole rings is 1. The molecule has 0 saturated heterocycles. The summed E-state index contributed by atoms with van der Waals surface area (Å²) >= 11 is 1.40. The number of benzene rings is 2. The molecule has 0 bridgehead atoms. The minimum absolute atomic E-state index is 0.0671. The molecule has 4 aromatic rings. The van der Waals surface area contributed by atoms with E-state index in [4.69, 9.17) is 14.5 Å². The fourth-order valence-electron chi connectivity index (χ4n) is 3.25. The molecule has 0 radical (unpaired) electrons. The molecule has 6 nitrogen and oxygen atoms in total. The van der Waals surface area contributed by atoms with Gasteiger partial charge >= 0.3 is 0 Å². The standard InChI is InChI=1S/C23H23N3O3S/c1-15-21(22(27)24-13-12-16-4-8-18(28-2)9-5-16)30-23-25-20(14-26(15)23)17-6-10-19(29-3)11-7-17/h4-11,14H,12-13H2,1-3H3,(H,24,27). The molecular formula is C23H23N3O3S. The molecule has 0 aliphatic heterocycles. The maximum absolute atomic E-state index is 12.7. The number of nitrogens with one attached hydrogen (secondary N) is 1. The number of methoxy groups -OCH3 is 2. The van der Waals surface area contributed by atoms with Crippen molar-refractivity contribution < 1.29 is 14.3 Å². The number of amides is 1. The maximum Gasteiger partial charge on any atom is 0.263 e. The Morgan fingerprint density at radius 3 is 2.27 bits per heavy atom. The quantitative estimate of drug-likeness (QED) is 0.482. The lowest BCUT2D eigenvalue weighted by atomic mass is 10.1. The van der Waals surface area contributed by atoms with Crippen LogP contribution in [0.25, 0.3) is 16.2 Å². The van der Waals surface area contributed by atoms with Crippen LogP contribution < -0.4 is 14.8 Å². The number of carbonyl (C=O) groups excluding carboxylic acids is 1. The van der Waals surface area contributed by atoms with Crippen LogP contribution in [-0.2, 0) is 6.42 Å². The van der Waals surface area contributed by atoms with Crippen molar-refractivity contribution in [2.75, 3.05) is 20.8 Å². The summed E-state index contributed by atoms with van der Waals surface area (Å²) in [4.78, 5) is 18.9. The number of hydrogen-bond donors (Lipinski definition) is 1. The van der Waals surface area contributed by atoms with Crippen molar-refractivity contribution in [2.24, 2.45) is 0 Å². The van der Waals surface area contributed by atoms with Gasteiger partial charge in [0, 0.05) is 24.0 Å². The normalized spacial score (nSPS) is 10.9. The first kappa shape index (κ1) is 20.0. The fraction of sp³-hybridized carbons (Fsp3) is 0.217. The van der Waals surface area contributed by atoms with Gasteiger partial charge in [0.1, 0.15) is 16.4 Å². The number of fused-ring (bicyclic) bond motifs is 1. The molecular weight excluding hydrogens is 398 g/mol. The number of ether oxygens (including phenoxy) is 2. The summed E-state index contributed by atoms with van der Waals surface area (Å²) in [5.41, 5.74) is 3.93. The van der Waals surface area contributed by atoms with Gasteiger partial charge in [-0.25, -0.2) is 4.98 Å². The molecule has 30 heavy (non-hydrogen) atoms. The Bertz CT molecular complexity index is 1160. The molecule has 1 N–H and O–H groups in total. The van der Waals surface area contributed by atoms with E-state index in [1.807, 2.05) is 66.1 Å². The summed E-state index contributed by atoms with van der Waals surface area (Å²) < 4.78 is 12.4. The lowest BCUT2D eigenvalue weighted by Crippen LogP contribution is -2.25. The van der Waals surface area contributed by atoms with Gasteiger partial charge in [-0.1, -0.05) is 23.5 Å². The highest BCUT2D eigenvalue weighted by atomic mass is 32.1. The molecule has 2 aromatic heterocycles. The van der Waals surface area contributed by atoms with Crippen LogP contribution in [0.3, 0.4) is 0 Å². The second-order valence-corrected chi connectivity index (χ2v) is 7.86. The zero-order valence-corrected chi connectivity index (χ0v) is 18.0. The van der Waals surface area contributed by atoms with Crippen LogP contribution in [0.15, 0.2) is 54.7 Å². The largest absolute Gasteiger partial charge is 0.497 e. The number of hydrogen-bond acceptors (Lipinski definition) is 5. The number of carbonyl (C=O) groups is 1. The van der Waals surface area contributed by atoms with Gasteiger partial charge in [-0.05, 0) is 55.3 Å². The molecule has 0 atom stereocenters. The molecule has 0 aliphatic carbocycles. The number of rotatable bonds is 7. The molecule has 0 fully saturated rings. The second kappa shape index (κ2) is 8.59. The van der Waals surface area contributed by atoms with Gasteiger partial charge in [0.15, 0.2) is 4.96 Å². The number of aryl methyl sites for hydroxylation is 1. The van der Waals surface area contributed by atoms with Gasteiger partial charge < -0.3 is 14.8 Å². The van der Waals surface area contributed by atoms with E-state index in [2.05, 4.69) is 5.32 Å². The van der Waals surface area contributed by atoms with Crippen molar-refractivity contribution in [1.29, 1.82) is 0 Å². The van der Waals surface area contributed by atoms with Crippen LogP contribution in [-0.4, -0.2) is 36.1 Å². The molecule has 4 rings (SSSR count). The average molecular weight is 422 g/mol. The van der Waals surface area contributed by atoms with Gasteiger partial charge in [0.25, 0.3) is 5.91 Å². The number of thiazole rings is 1. The van der Waals surface area contributed by atoms with E-state index in [1.54, 1.807) is 14.2 Å². The van der Waals surface area contributed by atoms with E-state index in [9.17, 15) is 4.79 Å². The van der Waals surface area contributed by atoms with E-state index in [0.717, 1.165) is 45.4 Å². The molecule has 2 heterocycles. The minimum Gasteiger partial charge on any atom is -0.497 e. The lowest BCUT2D eigenvalue weighted by Gasteiger charge is -2.06.